The van der Waals surface area contributed by atoms with Crippen LogP contribution in [0.4, 0.5) is 0 Å². The van der Waals surface area contributed by atoms with Crippen LogP contribution in [0.3, 0.4) is 0 Å². The van der Waals surface area contributed by atoms with Crippen LogP contribution in [0.5, 0.6) is 0 Å². The molecular formula is C51H31N3O. The number of rotatable bonds is 5. The van der Waals surface area contributed by atoms with Gasteiger partial charge in [-0.25, -0.2) is 15.0 Å². The molecule has 8 aromatic carbocycles. The van der Waals surface area contributed by atoms with E-state index in [1.54, 1.807) is 0 Å². The van der Waals surface area contributed by atoms with Crippen molar-refractivity contribution >= 4 is 54.4 Å². The Balaban J connectivity index is 1.05. The number of aromatic nitrogens is 3. The van der Waals surface area contributed by atoms with E-state index in [1.807, 2.05) is 48.5 Å². The van der Waals surface area contributed by atoms with Crippen LogP contribution in [0.15, 0.2) is 192 Å². The highest BCUT2D eigenvalue weighted by Crippen LogP contribution is 2.43. The quantitative estimate of drug-likeness (QED) is 0.168. The van der Waals surface area contributed by atoms with Crippen molar-refractivity contribution in [2.75, 3.05) is 0 Å². The predicted octanol–water partition coefficient (Wildman–Crippen LogP) is 13.6. The molecule has 3 aromatic heterocycles. The SMILES string of the molecule is c1ccc(-c2cc(-c3ccc(-c4ccc5nc(-c6cc7ccccc7c7ccccc67)c6c7ccccc7oc6c5c4)cc3)nc(-c3ccccc3)n2)cc1. The molecule has 0 spiro atoms. The second-order valence-corrected chi connectivity index (χ2v) is 14.0. The molecule has 0 aliphatic carbocycles. The first-order valence-electron chi connectivity index (χ1n) is 18.5. The zero-order valence-corrected chi connectivity index (χ0v) is 29.6. The summed E-state index contributed by atoms with van der Waals surface area (Å²) in [4.78, 5) is 15.4. The van der Waals surface area contributed by atoms with E-state index in [0.717, 1.165) is 83.3 Å². The summed E-state index contributed by atoms with van der Waals surface area (Å²) in [6.07, 6.45) is 0. The highest BCUT2D eigenvalue weighted by Gasteiger charge is 2.21. The number of para-hydroxylation sites is 1. The number of hydrogen-bond donors (Lipinski definition) is 0. The topological polar surface area (TPSA) is 51.8 Å². The molecular weight excluding hydrogens is 671 g/mol. The van der Waals surface area contributed by atoms with Crippen LogP contribution in [0.2, 0.25) is 0 Å². The fourth-order valence-electron chi connectivity index (χ4n) is 7.99. The monoisotopic (exact) mass is 701 g/mol. The van der Waals surface area contributed by atoms with E-state index in [9.17, 15) is 0 Å². The van der Waals surface area contributed by atoms with Crippen molar-refractivity contribution in [2.24, 2.45) is 0 Å². The standard InChI is InChI=1S/C51H31N3O/c1-3-13-33(14-4-1)45-31-46(54-51(53-45)35-15-5-2-6-16-35)34-25-23-32(24-26-34)36-27-28-44-43(29-36)50-48(41-21-11-12-22-47(41)55-50)49(52-44)42-30-37-17-7-8-18-38(37)39-19-9-10-20-40(39)42/h1-31H. The maximum absolute atomic E-state index is 6.74. The molecule has 0 unspecified atom stereocenters. The van der Waals surface area contributed by atoms with Crippen molar-refractivity contribution in [3.8, 4) is 56.3 Å². The van der Waals surface area contributed by atoms with E-state index in [4.69, 9.17) is 19.4 Å². The number of fused-ring (bicyclic) bond motifs is 8. The van der Waals surface area contributed by atoms with Crippen LogP contribution in [0.25, 0.3) is 111 Å². The van der Waals surface area contributed by atoms with Crippen LogP contribution in [-0.2, 0) is 0 Å². The summed E-state index contributed by atoms with van der Waals surface area (Å²) >= 11 is 0. The average molecular weight is 702 g/mol. The molecule has 0 amide bonds. The summed E-state index contributed by atoms with van der Waals surface area (Å²) in [6.45, 7) is 0. The van der Waals surface area contributed by atoms with Crippen LogP contribution in [0.1, 0.15) is 0 Å². The van der Waals surface area contributed by atoms with Crippen LogP contribution < -0.4 is 0 Å². The maximum Gasteiger partial charge on any atom is 0.160 e. The highest BCUT2D eigenvalue weighted by atomic mass is 16.3. The third-order valence-electron chi connectivity index (χ3n) is 10.7. The van der Waals surface area contributed by atoms with Crippen molar-refractivity contribution in [3.05, 3.63) is 188 Å². The number of nitrogens with zero attached hydrogens (tertiary/aromatic N) is 3. The number of pyridine rings is 1. The van der Waals surface area contributed by atoms with Crippen LogP contribution >= 0.6 is 0 Å². The van der Waals surface area contributed by atoms with E-state index in [-0.39, 0.29) is 0 Å². The van der Waals surface area contributed by atoms with Gasteiger partial charge in [0.05, 0.1) is 28.0 Å². The predicted molar refractivity (Wildman–Crippen MR) is 227 cm³/mol. The molecule has 55 heavy (non-hydrogen) atoms. The molecule has 4 nitrogen and oxygen atoms in total. The van der Waals surface area contributed by atoms with Gasteiger partial charge in [-0.05, 0) is 63.0 Å². The Hall–Kier alpha value is -7.43. The van der Waals surface area contributed by atoms with Gasteiger partial charge < -0.3 is 4.42 Å². The van der Waals surface area contributed by atoms with Gasteiger partial charge in [0, 0.05) is 33.0 Å². The Morgan fingerprint density at radius 2 is 0.945 bits per heavy atom. The summed E-state index contributed by atoms with van der Waals surface area (Å²) < 4.78 is 6.74. The van der Waals surface area contributed by atoms with Crippen molar-refractivity contribution in [3.63, 3.8) is 0 Å². The molecule has 4 heteroatoms. The molecule has 11 rings (SSSR count). The minimum atomic E-state index is 0.703. The number of benzene rings is 8. The van der Waals surface area contributed by atoms with Crippen LogP contribution in [0, 0.1) is 0 Å². The Morgan fingerprint density at radius 1 is 0.364 bits per heavy atom. The van der Waals surface area contributed by atoms with Crippen molar-refractivity contribution in [2.45, 2.75) is 0 Å². The van der Waals surface area contributed by atoms with Gasteiger partial charge in [-0.15, -0.1) is 0 Å². The minimum Gasteiger partial charge on any atom is -0.455 e. The van der Waals surface area contributed by atoms with E-state index in [1.165, 1.54) is 21.5 Å². The molecule has 0 saturated carbocycles. The first kappa shape index (κ1) is 31.1. The zero-order chi connectivity index (χ0) is 36.3. The van der Waals surface area contributed by atoms with Gasteiger partial charge >= 0.3 is 0 Å². The van der Waals surface area contributed by atoms with Gasteiger partial charge in [0.1, 0.15) is 11.2 Å². The van der Waals surface area contributed by atoms with Crippen molar-refractivity contribution in [1.82, 2.24) is 15.0 Å². The molecule has 11 aromatic rings. The molecule has 0 atom stereocenters. The maximum atomic E-state index is 6.74. The van der Waals surface area contributed by atoms with E-state index < -0.39 is 0 Å². The molecule has 256 valence electrons. The fraction of sp³-hybridized carbons (Fsp3) is 0. The molecule has 0 bridgehead atoms. The largest absolute Gasteiger partial charge is 0.455 e. The first-order valence-corrected chi connectivity index (χ1v) is 18.5. The summed E-state index contributed by atoms with van der Waals surface area (Å²) in [6, 6.07) is 65.5. The second-order valence-electron chi connectivity index (χ2n) is 14.0. The van der Waals surface area contributed by atoms with Gasteiger partial charge in [0.2, 0.25) is 0 Å². The average Bonchev–Trinajstić information content (AvgIpc) is 3.66. The molecule has 0 fully saturated rings. The van der Waals surface area contributed by atoms with E-state index in [0.29, 0.717) is 5.82 Å². The van der Waals surface area contributed by atoms with E-state index >= 15 is 0 Å². The Bertz CT molecular complexity index is 3180. The summed E-state index contributed by atoms with van der Waals surface area (Å²) in [5, 5.41) is 7.88. The minimum absolute atomic E-state index is 0.703. The first-order chi connectivity index (χ1) is 27.2. The summed E-state index contributed by atoms with van der Waals surface area (Å²) in [5.74, 6) is 0.703. The molecule has 0 saturated heterocycles. The second kappa shape index (κ2) is 12.6. The Morgan fingerprint density at radius 3 is 1.71 bits per heavy atom. The lowest BCUT2D eigenvalue weighted by Crippen LogP contribution is -1.95. The normalized spacial score (nSPS) is 11.6. The van der Waals surface area contributed by atoms with Crippen molar-refractivity contribution < 1.29 is 4.42 Å². The van der Waals surface area contributed by atoms with Crippen LogP contribution in [-0.4, -0.2) is 15.0 Å². The number of furan rings is 1. The molecule has 0 aliphatic rings. The van der Waals surface area contributed by atoms with Crippen molar-refractivity contribution in [1.29, 1.82) is 0 Å². The van der Waals surface area contributed by atoms with Gasteiger partial charge in [0.15, 0.2) is 5.82 Å². The van der Waals surface area contributed by atoms with Gasteiger partial charge in [-0.1, -0.05) is 158 Å². The Labute approximate surface area is 317 Å². The zero-order valence-electron chi connectivity index (χ0n) is 29.6. The number of hydrogen-bond acceptors (Lipinski definition) is 4. The Kier molecular flexibility index (Phi) is 7.14. The summed E-state index contributed by atoms with van der Waals surface area (Å²) in [7, 11) is 0. The summed E-state index contributed by atoms with van der Waals surface area (Å²) in [5.41, 5.74) is 11.6. The molecule has 0 radical (unpaired) electrons. The third kappa shape index (κ3) is 5.26. The third-order valence-corrected chi connectivity index (χ3v) is 10.7. The van der Waals surface area contributed by atoms with Gasteiger partial charge in [-0.2, -0.15) is 0 Å². The van der Waals surface area contributed by atoms with Gasteiger partial charge in [-0.3, -0.25) is 0 Å². The van der Waals surface area contributed by atoms with Gasteiger partial charge in [0.25, 0.3) is 0 Å². The lowest BCUT2D eigenvalue weighted by molar-refractivity contribution is 0.672. The fourth-order valence-corrected chi connectivity index (χ4v) is 7.99. The lowest BCUT2D eigenvalue weighted by Gasteiger charge is -2.13. The van der Waals surface area contributed by atoms with E-state index in [2.05, 4.69) is 140 Å². The molecule has 3 heterocycles. The molecule has 0 N–H and O–H groups in total. The smallest absolute Gasteiger partial charge is 0.160 e. The lowest BCUT2D eigenvalue weighted by atomic mass is 9.93. The molecule has 0 aliphatic heterocycles. The highest BCUT2D eigenvalue weighted by molar-refractivity contribution is 6.23.